The number of carboxylic acid groups (broad SMARTS) is 1. The zero-order valence-electron chi connectivity index (χ0n) is 28.5. The number of para-hydroxylation sites is 1. The summed E-state index contributed by atoms with van der Waals surface area (Å²) in [4.78, 5) is 15.2. The van der Waals surface area contributed by atoms with Crippen LogP contribution in [0, 0.1) is 0 Å². The number of hydrogen-bond donors (Lipinski definition) is 2. The molecule has 9 heteroatoms. The highest BCUT2D eigenvalue weighted by atomic mass is 16.5. The van der Waals surface area contributed by atoms with Gasteiger partial charge in [-0.1, -0.05) is 75.9 Å². The van der Waals surface area contributed by atoms with E-state index in [2.05, 4.69) is 61.4 Å². The van der Waals surface area contributed by atoms with Crippen molar-refractivity contribution in [3.63, 3.8) is 0 Å². The number of carboxylic acids is 1. The van der Waals surface area contributed by atoms with Crippen LogP contribution < -0.4 is 10.1 Å². The van der Waals surface area contributed by atoms with Gasteiger partial charge in [-0.3, -0.25) is 4.68 Å². The molecule has 6 rings (SSSR count). The highest BCUT2D eigenvalue weighted by molar-refractivity contribution is 6.04. The molecule has 9 nitrogen and oxygen atoms in total. The third-order valence-electron chi connectivity index (χ3n) is 8.85. The van der Waals surface area contributed by atoms with Crippen LogP contribution in [0.2, 0.25) is 0 Å². The van der Waals surface area contributed by atoms with Gasteiger partial charge >= 0.3 is 5.97 Å². The number of aromatic nitrogens is 3. The molecule has 0 bridgehead atoms. The van der Waals surface area contributed by atoms with Crippen LogP contribution >= 0.6 is 0 Å². The molecular formula is C39H53N5O4. The van der Waals surface area contributed by atoms with E-state index in [9.17, 15) is 9.90 Å². The smallest absolute Gasteiger partial charge is 0.352 e. The summed E-state index contributed by atoms with van der Waals surface area (Å²) in [5.74, 6) is -0.0388. The van der Waals surface area contributed by atoms with Gasteiger partial charge in [0.25, 0.3) is 0 Å². The average molecular weight is 656 g/mol. The second-order valence-corrected chi connectivity index (χ2v) is 12.1. The Bertz CT molecular complexity index is 1800. The fourth-order valence-electron chi connectivity index (χ4n) is 6.74. The third-order valence-corrected chi connectivity index (χ3v) is 8.85. The zero-order valence-corrected chi connectivity index (χ0v) is 28.5. The molecule has 48 heavy (non-hydrogen) atoms. The first-order valence-corrected chi connectivity index (χ1v) is 16.8. The summed E-state index contributed by atoms with van der Waals surface area (Å²) in [5, 5.41) is 21.7. The molecule has 3 heterocycles. The minimum absolute atomic E-state index is 0. The Balaban J connectivity index is 0.000000808. The SMILES string of the molecule is C.CCNCC.COCc1nn(C)c2c1-c1cccc3c(CCCOc4cccc5ccccc45)c(C(=O)O)n(c13)CCCCN(C)C2. The normalized spacial score (nSPS) is 13.3. The van der Waals surface area contributed by atoms with Crippen molar-refractivity contribution in [2.75, 3.05) is 40.4 Å². The van der Waals surface area contributed by atoms with E-state index in [0.717, 1.165) is 94.5 Å². The standard InChI is InChI=1S/C34H38N4O4.C4H11N.CH4/c1-36-18-6-7-19-38-32-25(14-9-15-27(32)31-28(22-41-3)35-37(2)29(31)21-36)26(33(38)34(39)40)16-10-20-42-30-17-8-12-23-11-4-5-13-24(23)30;1-3-5-4-2;/h4-5,8-9,11-15,17H,6-7,10,16,18-22H2,1-3H3,(H,39,40);5H,3-4H2,1-2H3;1H4. The number of aryl methyl sites for hydroxylation is 3. The molecule has 3 aromatic carbocycles. The monoisotopic (exact) mass is 655 g/mol. The Morgan fingerprint density at radius 1 is 0.958 bits per heavy atom. The van der Waals surface area contributed by atoms with Gasteiger partial charge in [-0.25, -0.2) is 4.79 Å². The molecule has 0 radical (unpaired) electrons. The molecule has 0 unspecified atom stereocenters. The third kappa shape index (κ3) is 7.92. The molecule has 0 amide bonds. The number of aromatic carboxylic acids is 1. The molecule has 0 fully saturated rings. The number of nitrogens with one attached hydrogen (secondary N) is 1. The Labute approximate surface area is 285 Å². The van der Waals surface area contributed by atoms with Gasteiger partial charge in [-0.2, -0.15) is 5.10 Å². The van der Waals surface area contributed by atoms with Crippen LogP contribution in [0.4, 0.5) is 0 Å². The summed E-state index contributed by atoms with van der Waals surface area (Å²) in [6, 6.07) is 20.5. The molecule has 2 aromatic heterocycles. The summed E-state index contributed by atoms with van der Waals surface area (Å²) in [6.45, 7) is 9.59. The number of nitrogens with zero attached hydrogens (tertiary/aromatic N) is 4. The number of hydrogen-bond acceptors (Lipinski definition) is 6. The largest absolute Gasteiger partial charge is 0.493 e. The van der Waals surface area contributed by atoms with Crippen molar-refractivity contribution >= 4 is 27.6 Å². The van der Waals surface area contributed by atoms with Crippen molar-refractivity contribution in [2.24, 2.45) is 7.05 Å². The van der Waals surface area contributed by atoms with Crippen molar-refractivity contribution in [2.45, 2.75) is 66.7 Å². The van der Waals surface area contributed by atoms with Crippen molar-refractivity contribution < 1.29 is 19.4 Å². The highest BCUT2D eigenvalue weighted by Crippen LogP contribution is 2.39. The van der Waals surface area contributed by atoms with Crippen molar-refractivity contribution in [3.05, 3.63) is 83.3 Å². The van der Waals surface area contributed by atoms with Crippen LogP contribution in [0.5, 0.6) is 5.75 Å². The molecule has 1 aliphatic rings. The lowest BCUT2D eigenvalue weighted by Gasteiger charge is -2.17. The molecule has 0 atom stereocenters. The lowest BCUT2D eigenvalue weighted by atomic mass is 9.98. The van der Waals surface area contributed by atoms with E-state index >= 15 is 0 Å². The van der Waals surface area contributed by atoms with Crippen LogP contribution in [-0.2, 0) is 37.9 Å². The number of fused-ring (bicyclic) bond motifs is 3. The van der Waals surface area contributed by atoms with Gasteiger partial charge in [-0.05, 0) is 69.4 Å². The Morgan fingerprint density at radius 3 is 2.40 bits per heavy atom. The second kappa shape index (κ2) is 17.3. The van der Waals surface area contributed by atoms with Crippen LogP contribution in [0.25, 0.3) is 32.8 Å². The van der Waals surface area contributed by atoms with Crippen molar-refractivity contribution in [1.82, 2.24) is 24.6 Å². The first-order valence-electron chi connectivity index (χ1n) is 16.8. The quantitative estimate of drug-likeness (QED) is 0.150. The lowest BCUT2D eigenvalue weighted by molar-refractivity contribution is 0.0684. The number of benzene rings is 3. The number of rotatable bonds is 10. The average Bonchev–Trinajstić information content (AvgIpc) is 3.54. The molecule has 0 aliphatic carbocycles. The van der Waals surface area contributed by atoms with E-state index in [-0.39, 0.29) is 7.43 Å². The molecular weight excluding hydrogens is 602 g/mol. The molecule has 0 saturated heterocycles. The van der Waals surface area contributed by atoms with Gasteiger partial charge in [-0.15, -0.1) is 0 Å². The summed E-state index contributed by atoms with van der Waals surface area (Å²) in [5.41, 5.74) is 6.25. The molecule has 2 N–H and O–H groups in total. The molecule has 258 valence electrons. The van der Waals surface area contributed by atoms with E-state index in [0.29, 0.717) is 38.3 Å². The lowest BCUT2D eigenvalue weighted by Crippen LogP contribution is -2.21. The van der Waals surface area contributed by atoms with E-state index in [1.807, 2.05) is 46.6 Å². The highest BCUT2D eigenvalue weighted by Gasteiger charge is 2.28. The fraction of sp³-hybridized carbons (Fsp3) is 0.436. The first kappa shape index (κ1) is 36.7. The summed E-state index contributed by atoms with van der Waals surface area (Å²) in [7, 11) is 5.80. The van der Waals surface area contributed by atoms with Gasteiger partial charge in [0.15, 0.2) is 0 Å². The zero-order chi connectivity index (χ0) is 33.3. The van der Waals surface area contributed by atoms with E-state index in [4.69, 9.17) is 14.6 Å². The van der Waals surface area contributed by atoms with Gasteiger partial charge in [0, 0.05) is 49.1 Å². The number of carbonyl (C=O) groups is 1. The summed E-state index contributed by atoms with van der Waals surface area (Å²) < 4.78 is 15.8. The Hall–Kier alpha value is -4.18. The molecule has 1 aliphatic heterocycles. The maximum atomic E-state index is 12.9. The van der Waals surface area contributed by atoms with Crippen molar-refractivity contribution in [1.29, 1.82) is 0 Å². The topological polar surface area (TPSA) is 93.8 Å². The summed E-state index contributed by atoms with van der Waals surface area (Å²) >= 11 is 0. The Morgan fingerprint density at radius 2 is 1.67 bits per heavy atom. The number of ether oxygens (including phenoxy) is 2. The predicted molar refractivity (Wildman–Crippen MR) is 196 cm³/mol. The van der Waals surface area contributed by atoms with Gasteiger partial charge < -0.3 is 29.4 Å². The van der Waals surface area contributed by atoms with Crippen LogP contribution in [0.15, 0.2) is 60.7 Å². The predicted octanol–water partition coefficient (Wildman–Crippen LogP) is 7.53. The first-order chi connectivity index (χ1) is 22.9. The van der Waals surface area contributed by atoms with Gasteiger partial charge in [0.1, 0.15) is 11.4 Å². The maximum Gasteiger partial charge on any atom is 0.352 e. The minimum atomic E-state index is -0.891. The van der Waals surface area contributed by atoms with Crippen LogP contribution in [0.3, 0.4) is 0 Å². The maximum absolute atomic E-state index is 12.9. The van der Waals surface area contributed by atoms with Gasteiger partial charge in [0.2, 0.25) is 0 Å². The van der Waals surface area contributed by atoms with E-state index < -0.39 is 5.97 Å². The van der Waals surface area contributed by atoms with Crippen LogP contribution in [0.1, 0.15) is 68.0 Å². The number of methoxy groups -OCH3 is 1. The Kier molecular flexibility index (Phi) is 13.2. The second-order valence-electron chi connectivity index (χ2n) is 12.1. The minimum Gasteiger partial charge on any atom is -0.493 e. The van der Waals surface area contributed by atoms with Crippen LogP contribution in [-0.4, -0.2) is 70.7 Å². The molecule has 0 spiro atoms. The molecule has 5 aromatic rings. The summed E-state index contributed by atoms with van der Waals surface area (Å²) in [6.07, 6.45) is 3.17. The van der Waals surface area contributed by atoms with E-state index in [1.54, 1.807) is 7.11 Å². The van der Waals surface area contributed by atoms with Gasteiger partial charge in [0.05, 0.1) is 30.1 Å². The van der Waals surface area contributed by atoms with Crippen molar-refractivity contribution in [3.8, 4) is 16.9 Å². The fourth-order valence-corrected chi connectivity index (χ4v) is 6.74. The molecule has 0 saturated carbocycles. The van der Waals surface area contributed by atoms with E-state index in [1.165, 1.54) is 0 Å².